The first-order valence-corrected chi connectivity index (χ1v) is 8.64. The van der Waals surface area contributed by atoms with Gasteiger partial charge in [-0.1, -0.05) is 29.8 Å². The fourth-order valence-corrected chi connectivity index (χ4v) is 2.91. The smallest absolute Gasteiger partial charge is 0.282 e. The molecule has 1 unspecified atom stereocenters. The van der Waals surface area contributed by atoms with Crippen molar-refractivity contribution in [2.24, 2.45) is 0 Å². The van der Waals surface area contributed by atoms with Gasteiger partial charge in [-0.05, 0) is 45.4 Å². The molecular weight excluding hydrogens is 330 g/mol. The lowest BCUT2D eigenvalue weighted by Gasteiger charge is -2.40. The number of benzene rings is 1. The van der Waals surface area contributed by atoms with E-state index in [2.05, 4.69) is 10.3 Å². The predicted molar refractivity (Wildman–Crippen MR) is 98.9 cm³/mol. The maximum absolute atomic E-state index is 13.0. The van der Waals surface area contributed by atoms with Crippen molar-refractivity contribution < 1.29 is 14.3 Å². The maximum atomic E-state index is 13.0. The quantitative estimate of drug-likeness (QED) is 0.858. The molecule has 6 heteroatoms. The third kappa shape index (κ3) is 3.14. The summed E-state index contributed by atoms with van der Waals surface area (Å²) in [5.74, 6) is -0.0200. The Kier molecular flexibility index (Phi) is 4.68. The second-order valence-electron chi connectivity index (χ2n) is 6.90. The highest BCUT2D eigenvalue weighted by Gasteiger charge is 2.51. The molecule has 26 heavy (non-hydrogen) atoms. The number of hydrogen-bond acceptors (Lipinski definition) is 4. The normalized spacial score (nSPS) is 19.1. The summed E-state index contributed by atoms with van der Waals surface area (Å²) in [4.78, 5) is 31.7. The lowest BCUT2D eigenvalue weighted by Crippen LogP contribution is -2.63. The van der Waals surface area contributed by atoms with E-state index in [9.17, 15) is 9.59 Å². The number of pyridine rings is 1. The molecule has 2 aromatic rings. The Hall–Kier alpha value is -2.89. The first kappa shape index (κ1) is 17.9. The van der Waals surface area contributed by atoms with Gasteiger partial charge in [0.1, 0.15) is 0 Å². The van der Waals surface area contributed by atoms with Crippen LogP contribution in [0.5, 0.6) is 5.75 Å². The average molecular weight is 353 g/mol. The van der Waals surface area contributed by atoms with Gasteiger partial charge < -0.3 is 10.1 Å². The number of nitrogens with zero attached hydrogens (tertiary/aromatic N) is 2. The van der Waals surface area contributed by atoms with E-state index in [1.54, 1.807) is 18.3 Å². The highest BCUT2D eigenvalue weighted by Crippen LogP contribution is 2.37. The maximum Gasteiger partial charge on any atom is 0.282 e. The summed E-state index contributed by atoms with van der Waals surface area (Å²) in [5, 5.41) is 2.82. The number of anilines is 1. The topological polar surface area (TPSA) is 71.5 Å². The molecule has 2 amide bonds. The second-order valence-corrected chi connectivity index (χ2v) is 6.90. The number of rotatable bonds is 4. The summed E-state index contributed by atoms with van der Waals surface area (Å²) < 4.78 is 5.82. The molecule has 0 saturated heterocycles. The Bertz CT molecular complexity index is 832. The minimum absolute atomic E-state index is 0.149. The number of carbonyl (C=O) groups excluding carboxylic acids is 2. The van der Waals surface area contributed by atoms with Gasteiger partial charge in [0.05, 0.1) is 0 Å². The summed E-state index contributed by atoms with van der Waals surface area (Å²) >= 11 is 0. The fourth-order valence-electron chi connectivity index (χ4n) is 2.91. The van der Waals surface area contributed by atoms with E-state index in [-0.39, 0.29) is 6.04 Å². The highest BCUT2D eigenvalue weighted by atomic mass is 16.5. The Morgan fingerprint density at radius 2 is 1.96 bits per heavy atom. The van der Waals surface area contributed by atoms with E-state index in [0.717, 1.165) is 11.1 Å². The molecule has 1 aliphatic heterocycles. The van der Waals surface area contributed by atoms with E-state index in [4.69, 9.17) is 4.74 Å². The molecule has 1 N–H and O–H groups in total. The number of fused-ring (bicyclic) bond motifs is 1. The molecule has 2 heterocycles. The van der Waals surface area contributed by atoms with Gasteiger partial charge in [0.15, 0.2) is 11.6 Å². The SMILES string of the molecule is Cc1ccc(CNC(=O)C2(C)Oc3cccnc3N(C(C)C)C2=O)cc1. The highest BCUT2D eigenvalue weighted by molar-refractivity contribution is 6.16. The van der Waals surface area contributed by atoms with Crippen LogP contribution in [-0.2, 0) is 16.1 Å². The van der Waals surface area contributed by atoms with Crippen LogP contribution in [0.3, 0.4) is 0 Å². The molecule has 1 aromatic carbocycles. The van der Waals surface area contributed by atoms with Crippen molar-refractivity contribution in [2.75, 3.05) is 4.90 Å². The van der Waals surface area contributed by atoms with E-state index < -0.39 is 17.4 Å². The van der Waals surface area contributed by atoms with Crippen LogP contribution < -0.4 is 15.0 Å². The molecule has 0 bridgehead atoms. The molecule has 136 valence electrons. The summed E-state index contributed by atoms with van der Waals surface area (Å²) in [6.45, 7) is 7.60. The van der Waals surface area contributed by atoms with Crippen LogP contribution in [0.25, 0.3) is 0 Å². The summed E-state index contributed by atoms with van der Waals surface area (Å²) in [5.41, 5.74) is 0.471. The number of carbonyl (C=O) groups is 2. The molecule has 1 aromatic heterocycles. The van der Waals surface area contributed by atoms with E-state index in [0.29, 0.717) is 18.1 Å². The van der Waals surface area contributed by atoms with Gasteiger partial charge >= 0.3 is 0 Å². The minimum Gasteiger partial charge on any atom is -0.464 e. The number of aromatic nitrogens is 1. The van der Waals surface area contributed by atoms with Crippen LogP contribution in [0.2, 0.25) is 0 Å². The number of ether oxygens (including phenoxy) is 1. The molecule has 0 spiro atoms. The van der Waals surface area contributed by atoms with Crippen LogP contribution in [0.1, 0.15) is 31.9 Å². The molecule has 3 rings (SSSR count). The molecule has 1 aliphatic rings. The summed E-state index contributed by atoms with van der Waals surface area (Å²) in [6, 6.07) is 11.1. The van der Waals surface area contributed by atoms with Gasteiger partial charge in [-0.15, -0.1) is 0 Å². The van der Waals surface area contributed by atoms with Crippen LogP contribution in [0, 0.1) is 6.92 Å². The monoisotopic (exact) mass is 353 g/mol. The van der Waals surface area contributed by atoms with Gasteiger partial charge in [-0.3, -0.25) is 14.5 Å². The third-order valence-electron chi connectivity index (χ3n) is 4.44. The van der Waals surface area contributed by atoms with Crippen molar-refractivity contribution in [1.29, 1.82) is 0 Å². The molecule has 0 aliphatic carbocycles. The van der Waals surface area contributed by atoms with Crippen molar-refractivity contribution in [3.8, 4) is 5.75 Å². The van der Waals surface area contributed by atoms with Crippen molar-refractivity contribution in [3.63, 3.8) is 0 Å². The minimum atomic E-state index is -1.63. The number of amides is 2. The molecule has 6 nitrogen and oxygen atoms in total. The largest absolute Gasteiger partial charge is 0.464 e. The molecule has 0 saturated carbocycles. The Morgan fingerprint density at radius 1 is 1.27 bits per heavy atom. The van der Waals surface area contributed by atoms with Crippen molar-refractivity contribution >= 4 is 17.6 Å². The summed E-state index contributed by atoms with van der Waals surface area (Å²) in [6.07, 6.45) is 1.60. The van der Waals surface area contributed by atoms with Gasteiger partial charge in [-0.25, -0.2) is 4.98 Å². The van der Waals surface area contributed by atoms with Crippen molar-refractivity contribution in [2.45, 2.75) is 45.9 Å². The Labute approximate surface area is 153 Å². The van der Waals surface area contributed by atoms with Crippen molar-refractivity contribution in [3.05, 3.63) is 53.7 Å². The van der Waals surface area contributed by atoms with E-state index >= 15 is 0 Å². The molecule has 0 fully saturated rings. The Morgan fingerprint density at radius 3 is 2.62 bits per heavy atom. The fraction of sp³-hybridized carbons (Fsp3) is 0.350. The van der Waals surface area contributed by atoms with Crippen LogP contribution in [0.15, 0.2) is 42.6 Å². The number of aryl methyl sites for hydroxylation is 1. The predicted octanol–water partition coefficient (Wildman–Crippen LogP) is 2.60. The Balaban J connectivity index is 1.84. The van der Waals surface area contributed by atoms with E-state index in [1.807, 2.05) is 45.0 Å². The average Bonchev–Trinajstić information content (AvgIpc) is 2.61. The molecule has 0 radical (unpaired) electrons. The van der Waals surface area contributed by atoms with E-state index in [1.165, 1.54) is 11.8 Å². The first-order valence-electron chi connectivity index (χ1n) is 8.64. The first-order chi connectivity index (χ1) is 12.3. The zero-order valence-electron chi connectivity index (χ0n) is 15.4. The second kappa shape index (κ2) is 6.78. The molecule has 1 atom stereocenters. The summed E-state index contributed by atoms with van der Waals surface area (Å²) in [7, 11) is 0. The zero-order chi connectivity index (χ0) is 18.9. The third-order valence-corrected chi connectivity index (χ3v) is 4.44. The van der Waals surface area contributed by atoms with Crippen LogP contribution >= 0.6 is 0 Å². The van der Waals surface area contributed by atoms with Gasteiger partial charge in [0, 0.05) is 18.8 Å². The van der Waals surface area contributed by atoms with Crippen LogP contribution in [0.4, 0.5) is 5.82 Å². The molecular formula is C20H23N3O3. The van der Waals surface area contributed by atoms with Crippen molar-refractivity contribution in [1.82, 2.24) is 10.3 Å². The number of hydrogen-bond donors (Lipinski definition) is 1. The van der Waals surface area contributed by atoms with Gasteiger partial charge in [-0.2, -0.15) is 0 Å². The number of nitrogens with one attached hydrogen (secondary N) is 1. The van der Waals surface area contributed by atoms with Crippen LogP contribution in [-0.4, -0.2) is 28.4 Å². The zero-order valence-corrected chi connectivity index (χ0v) is 15.4. The van der Waals surface area contributed by atoms with Gasteiger partial charge in [0.25, 0.3) is 17.4 Å². The van der Waals surface area contributed by atoms with Gasteiger partial charge in [0.2, 0.25) is 0 Å². The lowest BCUT2D eigenvalue weighted by molar-refractivity contribution is -0.148. The lowest BCUT2D eigenvalue weighted by atomic mass is 9.99. The standard InChI is InChI=1S/C20H23N3O3/c1-13(2)23-17-16(6-5-11-21-17)26-20(4,19(23)25)18(24)22-12-15-9-7-14(3)8-10-15/h5-11,13H,12H2,1-4H3,(H,22,24).